The minimum Gasteiger partial charge on any atom is -0.508 e. The molecular formula is C59H51N5O14. The van der Waals surface area contributed by atoms with Gasteiger partial charge in [-0.05, 0) is 94.5 Å². The monoisotopic (exact) mass is 1050 g/mol. The Balaban J connectivity index is 1.20. The van der Waals surface area contributed by atoms with Gasteiger partial charge in [0.25, 0.3) is 5.69 Å². The summed E-state index contributed by atoms with van der Waals surface area (Å²) >= 11 is 0. The highest BCUT2D eigenvalue weighted by atomic mass is 16.6. The van der Waals surface area contributed by atoms with Crippen molar-refractivity contribution in [3.8, 4) is 17.6 Å². The minimum absolute atomic E-state index is 0.0261. The van der Waals surface area contributed by atoms with Gasteiger partial charge in [-0.2, -0.15) is 0 Å². The molecule has 78 heavy (non-hydrogen) atoms. The number of benzene rings is 6. The molecule has 6 aromatic rings. The Hall–Kier alpha value is -9.38. The number of nitro benzene ring substituents is 1. The fourth-order valence-electron chi connectivity index (χ4n) is 11.1. The molecule has 0 aromatic heterocycles. The van der Waals surface area contributed by atoms with Crippen molar-refractivity contribution in [2.75, 3.05) is 55.6 Å². The van der Waals surface area contributed by atoms with Gasteiger partial charge in [0.2, 0.25) is 11.8 Å². The molecule has 19 nitrogen and oxygen atoms in total. The Morgan fingerprint density at radius 1 is 0.795 bits per heavy atom. The van der Waals surface area contributed by atoms with Crippen LogP contribution in [0, 0.1) is 33.8 Å². The van der Waals surface area contributed by atoms with Crippen LogP contribution < -0.4 is 15.1 Å². The van der Waals surface area contributed by atoms with Crippen LogP contribution >= 0.6 is 0 Å². The van der Waals surface area contributed by atoms with Crippen LogP contribution in [0.1, 0.15) is 58.0 Å². The molecule has 3 amide bonds. The lowest BCUT2D eigenvalue weighted by Crippen LogP contribution is -2.54. The number of carbonyl (C=O) groups is 6. The average Bonchev–Trinajstić information content (AvgIpc) is 2.99. The number of morpholine rings is 2. The predicted octanol–water partition coefficient (Wildman–Crippen LogP) is 7.48. The number of nitrogens with one attached hydrogen (secondary N) is 1. The number of nitro groups is 1. The van der Waals surface area contributed by atoms with E-state index in [1.165, 1.54) is 54.6 Å². The molecule has 6 aromatic carbocycles. The Bertz CT molecular complexity index is 3330. The first kappa shape index (κ1) is 52.1. The van der Waals surface area contributed by atoms with Crippen LogP contribution in [-0.2, 0) is 59.7 Å². The van der Waals surface area contributed by atoms with E-state index in [0.29, 0.717) is 54.2 Å². The van der Waals surface area contributed by atoms with E-state index in [2.05, 4.69) is 22.1 Å². The van der Waals surface area contributed by atoms with Crippen molar-refractivity contribution in [3.05, 3.63) is 195 Å². The number of anilines is 3. The first-order chi connectivity index (χ1) is 37.8. The number of amides is 3. The number of hydrogen-bond donors (Lipinski definition) is 2. The SMILES string of the molecule is COC(=O)C(CC#Cc1ccc2c(c1)[C@]1(C(=O)N2C(=O)OCc2ccc([N+](=O)[O-])cc2)[C@H](C(=O)Nc2ccc(N3CCOCC3)cc2)[C@H]2C(=O)O[C@H](c3ccccc3)[C@H](c3ccccc3)N2[C@@H]1c1ccc(O)cc1)C(=O)OC. The molecular weight excluding hydrogens is 1000 g/mol. The number of imide groups is 1. The molecule has 2 N–H and O–H groups in total. The third kappa shape index (κ3) is 9.63. The standard InChI is InChI=1S/C59H51N5O14/c1-74-54(67)45(55(68)75-2)15-9-10-36-18-29-47-46(34-36)59(57(70)62(47)58(71)77-35-37-16-23-43(24-17-37)64(72)73)48(53(66)60-41-21-25-42(26-22-41)61-30-32-76-33-31-61)50-56(69)78-51(39-13-7-4-8-14-39)49(38-11-5-3-6-12-38)63(50)52(59)40-19-27-44(65)28-20-40/h3-8,11-14,16-29,34,45,48-52,65H,15,30-33,35H2,1-2H3,(H,60,66)/t48-,49-,50-,51+,52+,59-/m0/s1. The summed E-state index contributed by atoms with van der Waals surface area (Å²) in [6.45, 7) is 1.95. The summed E-state index contributed by atoms with van der Waals surface area (Å²) in [5.74, 6) is -1.76. The third-order valence-corrected chi connectivity index (χ3v) is 14.7. The number of phenolic OH excluding ortho intramolecular Hbond substituents is 1. The number of cyclic esters (lactones) is 1. The maximum Gasteiger partial charge on any atom is 0.421 e. The van der Waals surface area contributed by atoms with Gasteiger partial charge < -0.3 is 39.0 Å². The quantitative estimate of drug-likeness (QED) is 0.0302. The van der Waals surface area contributed by atoms with E-state index >= 15 is 14.4 Å². The van der Waals surface area contributed by atoms with Crippen LogP contribution in [0.25, 0.3) is 0 Å². The second-order valence-corrected chi connectivity index (χ2v) is 18.9. The predicted molar refractivity (Wildman–Crippen MR) is 280 cm³/mol. The molecule has 19 heteroatoms. The van der Waals surface area contributed by atoms with Gasteiger partial charge in [0.15, 0.2) is 5.92 Å². The molecule has 3 saturated heterocycles. The van der Waals surface area contributed by atoms with E-state index in [0.717, 1.165) is 24.8 Å². The number of hydrogen-bond acceptors (Lipinski definition) is 16. The number of esters is 3. The highest BCUT2D eigenvalue weighted by Gasteiger charge is 2.76. The molecule has 10 rings (SSSR count). The number of fused-ring (bicyclic) bond motifs is 3. The molecule has 0 saturated carbocycles. The zero-order chi connectivity index (χ0) is 54.7. The molecule has 4 heterocycles. The topological polar surface area (TPSA) is 234 Å². The summed E-state index contributed by atoms with van der Waals surface area (Å²) in [5, 5.41) is 25.3. The summed E-state index contributed by atoms with van der Waals surface area (Å²) in [5.41, 5.74) is 0.984. The summed E-state index contributed by atoms with van der Waals surface area (Å²) in [4.78, 5) is 104. The molecule has 0 radical (unpaired) electrons. The molecule has 4 aliphatic heterocycles. The molecule has 396 valence electrons. The fraction of sp³-hybridized carbons (Fsp3) is 0.254. The lowest BCUT2D eigenvalue weighted by Gasteiger charge is -2.46. The van der Waals surface area contributed by atoms with Crippen LogP contribution in [-0.4, -0.2) is 97.3 Å². The number of rotatable bonds is 12. The highest BCUT2D eigenvalue weighted by Crippen LogP contribution is 2.66. The van der Waals surface area contributed by atoms with Gasteiger partial charge in [0, 0.05) is 48.6 Å². The lowest BCUT2D eigenvalue weighted by atomic mass is 9.65. The molecule has 1 spiro atoms. The molecule has 0 unspecified atom stereocenters. The van der Waals surface area contributed by atoms with Crippen LogP contribution in [0.4, 0.5) is 27.5 Å². The van der Waals surface area contributed by atoms with Gasteiger partial charge in [-0.1, -0.05) is 84.6 Å². The van der Waals surface area contributed by atoms with E-state index in [1.807, 2.05) is 65.6 Å². The van der Waals surface area contributed by atoms with Gasteiger partial charge in [-0.15, -0.1) is 0 Å². The van der Waals surface area contributed by atoms with E-state index in [-0.39, 0.29) is 34.7 Å². The third-order valence-electron chi connectivity index (χ3n) is 14.7. The maximum atomic E-state index is 16.7. The van der Waals surface area contributed by atoms with Crippen LogP contribution in [0.5, 0.6) is 5.75 Å². The van der Waals surface area contributed by atoms with Gasteiger partial charge in [0.05, 0.1) is 56.0 Å². The smallest absolute Gasteiger partial charge is 0.421 e. The van der Waals surface area contributed by atoms with Crippen molar-refractivity contribution in [2.45, 2.75) is 42.7 Å². The Labute approximate surface area is 447 Å². The summed E-state index contributed by atoms with van der Waals surface area (Å²) in [6, 6.07) is 37.4. The highest BCUT2D eigenvalue weighted by molar-refractivity contribution is 6.24. The van der Waals surface area contributed by atoms with E-state index < -0.39 is 88.8 Å². The van der Waals surface area contributed by atoms with Crippen LogP contribution in [0.3, 0.4) is 0 Å². The largest absolute Gasteiger partial charge is 0.508 e. The molecule has 4 aliphatic rings. The number of non-ortho nitro benzene ring substituents is 1. The van der Waals surface area contributed by atoms with Crippen molar-refractivity contribution in [1.29, 1.82) is 0 Å². The molecule has 0 aliphatic carbocycles. The van der Waals surface area contributed by atoms with Crippen molar-refractivity contribution in [2.24, 2.45) is 11.8 Å². The molecule has 0 bridgehead atoms. The van der Waals surface area contributed by atoms with Crippen LogP contribution in [0.15, 0.2) is 152 Å². The molecule has 3 fully saturated rings. The second-order valence-electron chi connectivity index (χ2n) is 18.9. The molecule has 6 atom stereocenters. The normalized spacial score (nSPS) is 21.4. The number of carbonyl (C=O) groups excluding carboxylic acids is 6. The average molecular weight is 1050 g/mol. The zero-order valence-corrected chi connectivity index (χ0v) is 42.2. The van der Waals surface area contributed by atoms with Crippen molar-refractivity contribution < 1.29 is 62.5 Å². The maximum absolute atomic E-state index is 16.7. The Kier molecular flexibility index (Phi) is 14.7. The number of nitrogens with zero attached hydrogens (tertiary/aromatic N) is 4. The fourth-order valence-corrected chi connectivity index (χ4v) is 11.1. The number of aromatic hydroxyl groups is 1. The second kappa shape index (κ2) is 22.1. The van der Waals surface area contributed by atoms with Crippen molar-refractivity contribution >= 4 is 58.6 Å². The van der Waals surface area contributed by atoms with Gasteiger partial charge in [0.1, 0.15) is 29.9 Å². The first-order valence-corrected chi connectivity index (χ1v) is 25.0. The van der Waals surface area contributed by atoms with Crippen molar-refractivity contribution in [1.82, 2.24) is 4.90 Å². The van der Waals surface area contributed by atoms with Crippen LogP contribution in [0.2, 0.25) is 0 Å². The Morgan fingerprint density at radius 3 is 2.06 bits per heavy atom. The van der Waals surface area contributed by atoms with E-state index in [4.69, 9.17) is 23.7 Å². The van der Waals surface area contributed by atoms with Gasteiger partial charge in [-0.25, -0.2) is 9.69 Å². The van der Waals surface area contributed by atoms with Gasteiger partial charge in [-0.3, -0.25) is 39.0 Å². The number of methoxy groups -OCH3 is 2. The lowest BCUT2D eigenvalue weighted by molar-refractivity contribution is -0.384. The summed E-state index contributed by atoms with van der Waals surface area (Å²) in [6.07, 6.45) is -2.54. The van der Waals surface area contributed by atoms with E-state index in [9.17, 15) is 29.6 Å². The summed E-state index contributed by atoms with van der Waals surface area (Å²) in [7, 11) is 2.25. The summed E-state index contributed by atoms with van der Waals surface area (Å²) < 4.78 is 27.7. The zero-order valence-electron chi connectivity index (χ0n) is 42.2. The van der Waals surface area contributed by atoms with Crippen molar-refractivity contribution in [3.63, 3.8) is 0 Å². The number of ether oxygens (including phenoxy) is 5. The number of phenols is 1. The Morgan fingerprint density at radius 2 is 1.44 bits per heavy atom. The van der Waals surface area contributed by atoms with E-state index in [1.54, 1.807) is 36.4 Å². The van der Waals surface area contributed by atoms with Gasteiger partial charge >= 0.3 is 24.0 Å². The first-order valence-electron chi connectivity index (χ1n) is 25.0. The minimum atomic E-state index is -2.27.